The van der Waals surface area contributed by atoms with Gasteiger partial charge < -0.3 is 5.32 Å². The second-order valence-corrected chi connectivity index (χ2v) is 4.72. The lowest BCUT2D eigenvalue weighted by Gasteiger charge is -2.33. The van der Waals surface area contributed by atoms with Crippen LogP contribution in [0.15, 0.2) is 24.3 Å². The standard InChI is InChI=1S/C12H16ClN/c1-9-6-12(7-9)14-8-10-2-4-11(13)5-3-10/h2-5,9,12,14H,6-8H2,1H3. The van der Waals surface area contributed by atoms with E-state index in [-0.39, 0.29) is 0 Å². The molecule has 0 atom stereocenters. The molecule has 0 spiro atoms. The highest BCUT2D eigenvalue weighted by molar-refractivity contribution is 6.30. The van der Waals surface area contributed by atoms with Crippen molar-refractivity contribution in [1.29, 1.82) is 0 Å². The Balaban J connectivity index is 1.78. The van der Waals surface area contributed by atoms with Gasteiger partial charge in [0.25, 0.3) is 0 Å². The van der Waals surface area contributed by atoms with Crippen LogP contribution in [0.25, 0.3) is 0 Å². The van der Waals surface area contributed by atoms with E-state index in [2.05, 4.69) is 24.4 Å². The third-order valence-electron chi connectivity index (χ3n) is 2.88. The normalized spacial score (nSPS) is 25.9. The van der Waals surface area contributed by atoms with Crippen LogP contribution in [0.1, 0.15) is 25.3 Å². The Bertz CT molecular complexity index is 288. The quantitative estimate of drug-likeness (QED) is 0.806. The molecule has 0 aliphatic heterocycles. The molecule has 1 nitrogen and oxygen atoms in total. The number of hydrogen-bond donors (Lipinski definition) is 1. The van der Waals surface area contributed by atoms with Gasteiger partial charge in [-0.15, -0.1) is 0 Å². The number of rotatable bonds is 3. The fourth-order valence-corrected chi connectivity index (χ4v) is 2.06. The molecule has 0 unspecified atom stereocenters. The van der Waals surface area contributed by atoms with E-state index in [1.54, 1.807) is 0 Å². The Morgan fingerprint density at radius 3 is 2.50 bits per heavy atom. The second kappa shape index (κ2) is 4.33. The van der Waals surface area contributed by atoms with Crippen molar-refractivity contribution >= 4 is 11.6 Å². The maximum atomic E-state index is 5.81. The predicted molar refractivity (Wildman–Crippen MR) is 60.5 cm³/mol. The number of hydrogen-bond acceptors (Lipinski definition) is 1. The molecule has 1 fully saturated rings. The highest BCUT2D eigenvalue weighted by Gasteiger charge is 2.24. The van der Waals surface area contributed by atoms with Gasteiger partial charge in [-0.2, -0.15) is 0 Å². The Labute approximate surface area is 90.5 Å². The van der Waals surface area contributed by atoms with Gasteiger partial charge in [-0.05, 0) is 36.5 Å². The minimum atomic E-state index is 0.737. The smallest absolute Gasteiger partial charge is 0.0406 e. The molecule has 0 amide bonds. The molecule has 1 aliphatic rings. The average Bonchev–Trinajstić information content (AvgIpc) is 2.13. The van der Waals surface area contributed by atoms with E-state index in [1.165, 1.54) is 18.4 Å². The van der Waals surface area contributed by atoms with Crippen molar-refractivity contribution < 1.29 is 0 Å². The van der Waals surface area contributed by atoms with Crippen molar-refractivity contribution in [1.82, 2.24) is 5.32 Å². The minimum absolute atomic E-state index is 0.737. The van der Waals surface area contributed by atoms with Crippen LogP contribution in [-0.2, 0) is 6.54 Å². The SMILES string of the molecule is CC1CC(NCc2ccc(Cl)cc2)C1. The molecule has 0 radical (unpaired) electrons. The van der Waals surface area contributed by atoms with Crippen LogP contribution in [-0.4, -0.2) is 6.04 Å². The summed E-state index contributed by atoms with van der Waals surface area (Å²) in [5.74, 6) is 0.915. The van der Waals surface area contributed by atoms with E-state index in [1.807, 2.05) is 12.1 Å². The number of benzene rings is 1. The van der Waals surface area contributed by atoms with E-state index in [0.717, 1.165) is 23.5 Å². The summed E-state index contributed by atoms with van der Waals surface area (Å²) in [6, 6.07) is 8.79. The molecular formula is C12H16ClN. The summed E-state index contributed by atoms with van der Waals surface area (Å²) in [6.07, 6.45) is 2.65. The van der Waals surface area contributed by atoms with Gasteiger partial charge in [0.05, 0.1) is 0 Å². The van der Waals surface area contributed by atoms with E-state index in [0.29, 0.717) is 0 Å². The predicted octanol–water partition coefficient (Wildman–Crippen LogP) is 3.23. The van der Waals surface area contributed by atoms with Crippen molar-refractivity contribution in [2.75, 3.05) is 0 Å². The molecule has 1 saturated carbocycles. The summed E-state index contributed by atoms with van der Waals surface area (Å²) < 4.78 is 0. The van der Waals surface area contributed by atoms with E-state index in [4.69, 9.17) is 11.6 Å². The maximum Gasteiger partial charge on any atom is 0.0406 e. The van der Waals surface area contributed by atoms with Crippen molar-refractivity contribution in [3.8, 4) is 0 Å². The van der Waals surface area contributed by atoms with Gasteiger partial charge >= 0.3 is 0 Å². The van der Waals surface area contributed by atoms with Gasteiger partial charge in [0.2, 0.25) is 0 Å². The molecule has 14 heavy (non-hydrogen) atoms. The third kappa shape index (κ3) is 2.49. The molecular weight excluding hydrogens is 194 g/mol. The molecule has 1 aromatic carbocycles. The molecule has 1 N–H and O–H groups in total. The molecule has 76 valence electrons. The molecule has 2 heteroatoms. The van der Waals surface area contributed by atoms with Crippen LogP contribution in [0.3, 0.4) is 0 Å². The van der Waals surface area contributed by atoms with E-state index in [9.17, 15) is 0 Å². The van der Waals surface area contributed by atoms with Crippen LogP contribution in [0.4, 0.5) is 0 Å². The van der Waals surface area contributed by atoms with E-state index < -0.39 is 0 Å². The molecule has 1 aromatic rings. The lowest BCUT2D eigenvalue weighted by molar-refractivity contribution is 0.240. The van der Waals surface area contributed by atoms with Gasteiger partial charge in [0.15, 0.2) is 0 Å². The van der Waals surface area contributed by atoms with E-state index >= 15 is 0 Å². The summed E-state index contributed by atoms with van der Waals surface area (Å²) in [6.45, 7) is 3.27. The van der Waals surface area contributed by atoms with Gasteiger partial charge in [-0.25, -0.2) is 0 Å². The Morgan fingerprint density at radius 1 is 1.29 bits per heavy atom. The average molecular weight is 210 g/mol. The van der Waals surface area contributed by atoms with Crippen molar-refractivity contribution in [3.63, 3.8) is 0 Å². The molecule has 0 saturated heterocycles. The summed E-state index contributed by atoms with van der Waals surface area (Å²) >= 11 is 5.81. The number of halogens is 1. The first-order valence-electron chi connectivity index (χ1n) is 5.22. The summed E-state index contributed by atoms with van der Waals surface area (Å²) in [4.78, 5) is 0. The lowest BCUT2D eigenvalue weighted by atomic mass is 9.82. The largest absolute Gasteiger partial charge is 0.310 e. The highest BCUT2D eigenvalue weighted by atomic mass is 35.5. The first-order valence-corrected chi connectivity index (χ1v) is 5.59. The van der Waals surface area contributed by atoms with Crippen LogP contribution >= 0.6 is 11.6 Å². The van der Waals surface area contributed by atoms with Crippen molar-refractivity contribution in [3.05, 3.63) is 34.9 Å². The Morgan fingerprint density at radius 2 is 1.93 bits per heavy atom. The second-order valence-electron chi connectivity index (χ2n) is 4.28. The summed E-state index contributed by atoms with van der Waals surface area (Å²) in [7, 11) is 0. The van der Waals surface area contributed by atoms with Crippen molar-refractivity contribution in [2.24, 2.45) is 5.92 Å². The van der Waals surface area contributed by atoms with Gasteiger partial charge in [0, 0.05) is 17.6 Å². The molecule has 0 heterocycles. The zero-order chi connectivity index (χ0) is 9.97. The summed E-state index contributed by atoms with van der Waals surface area (Å²) in [5.41, 5.74) is 1.31. The van der Waals surface area contributed by atoms with Crippen LogP contribution < -0.4 is 5.32 Å². The fourth-order valence-electron chi connectivity index (χ4n) is 1.93. The Kier molecular flexibility index (Phi) is 3.09. The summed E-state index contributed by atoms with van der Waals surface area (Å²) in [5, 5.41) is 4.35. The van der Waals surface area contributed by atoms with Crippen LogP contribution in [0.5, 0.6) is 0 Å². The van der Waals surface area contributed by atoms with Crippen molar-refractivity contribution in [2.45, 2.75) is 32.4 Å². The highest BCUT2D eigenvalue weighted by Crippen LogP contribution is 2.26. The topological polar surface area (TPSA) is 12.0 Å². The van der Waals surface area contributed by atoms with Gasteiger partial charge in [0.1, 0.15) is 0 Å². The van der Waals surface area contributed by atoms with Gasteiger partial charge in [-0.1, -0.05) is 30.7 Å². The monoisotopic (exact) mass is 209 g/mol. The fraction of sp³-hybridized carbons (Fsp3) is 0.500. The van der Waals surface area contributed by atoms with Crippen LogP contribution in [0, 0.1) is 5.92 Å². The third-order valence-corrected chi connectivity index (χ3v) is 3.13. The zero-order valence-corrected chi connectivity index (χ0v) is 9.22. The zero-order valence-electron chi connectivity index (χ0n) is 8.46. The molecule has 0 bridgehead atoms. The van der Waals surface area contributed by atoms with Crippen LogP contribution in [0.2, 0.25) is 5.02 Å². The molecule has 1 aliphatic carbocycles. The minimum Gasteiger partial charge on any atom is -0.310 e. The Hall–Kier alpha value is -0.530. The first-order chi connectivity index (χ1) is 6.74. The van der Waals surface area contributed by atoms with Gasteiger partial charge in [-0.3, -0.25) is 0 Å². The number of nitrogens with one attached hydrogen (secondary N) is 1. The molecule has 2 rings (SSSR count). The first kappa shape index (κ1) is 10.0. The lowest BCUT2D eigenvalue weighted by Crippen LogP contribution is -2.39. The molecule has 0 aromatic heterocycles. The maximum absolute atomic E-state index is 5.81.